The molecule has 1 spiro atoms. The molecule has 152 valence electrons. The van der Waals surface area contributed by atoms with Crippen LogP contribution in [0.1, 0.15) is 59.9 Å². The van der Waals surface area contributed by atoms with Gasteiger partial charge in [-0.25, -0.2) is 4.79 Å². The highest BCUT2D eigenvalue weighted by atomic mass is 16.7. The first-order chi connectivity index (χ1) is 13.9. The van der Waals surface area contributed by atoms with Crippen LogP contribution in [-0.4, -0.2) is 35.0 Å². The SMILES string of the molecule is CC(=O)c1c[nH]c(C(=O)OCC(=O)Nc2ccc3c(c2)OC2(CCCCC2)O3)c1. The van der Waals surface area contributed by atoms with Crippen LogP contribution < -0.4 is 14.8 Å². The zero-order valence-electron chi connectivity index (χ0n) is 16.1. The molecule has 8 heteroatoms. The fourth-order valence-corrected chi connectivity index (χ4v) is 3.59. The minimum atomic E-state index is -0.711. The van der Waals surface area contributed by atoms with Crippen molar-refractivity contribution >= 4 is 23.3 Å². The van der Waals surface area contributed by atoms with Crippen molar-refractivity contribution in [3.63, 3.8) is 0 Å². The lowest BCUT2D eigenvalue weighted by Crippen LogP contribution is -2.40. The summed E-state index contributed by atoms with van der Waals surface area (Å²) in [6.07, 6.45) is 6.44. The minimum Gasteiger partial charge on any atom is -0.451 e. The van der Waals surface area contributed by atoms with Gasteiger partial charge in [0.1, 0.15) is 5.69 Å². The van der Waals surface area contributed by atoms with Crippen LogP contribution in [0, 0.1) is 0 Å². The molecule has 4 rings (SSSR count). The summed E-state index contributed by atoms with van der Waals surface area (Å²) >= 11 is 0. The number of fused-ring (bicyclic) bond motifs is 1. The summed E-state index contributed by atoms with van der Waals surface area (Å²) in [6, 6.07) is 6.58. The molecule has 0 radical (unpaired) electrons. The van der Waals surface area contributed by atoms with E-state index in [-0.39, 0.29) is 11.5 Å². The highest BCUT2D eigenvalue weighted by molar-refractivity contribution is 5.98. The fraction of sp³-hybridized carbons (Fsp3) is 0.381. The number of hydrogen-bond donors (Lipinski definition) is 2. The number of ether oxygens (including phenoxy) is 3. The third-order valence-electron chi connectivity index (χ3n) is 5.08. The fourth-order valence-electron chi connectivity index (χ4n) is 3.59. The molecule has 0 unspecified atom stereocenters. The number of aromatic amines is 1. The van der Waals surface area contributed by atoms with Crippen molar-refractivity contribution in [2.24, 2.45) is 0 Å². The lowest BCUT2D eigenvalue weighted by molar-refractivity contribution is -0.119. The van der Waals surface area contributed by atoms with E-state index in [2.05, 4.69) is 10.3 Å². The van der Waals surface area contributed by atoms with Gasteiger partial charge in [0.25, 0.3) is 11.7 Å². The number of benzene rings is 1. The molecule has 1 aromatic carbocycles. The quantitative estimate of drug-likeness (QED) is 0.590. The van der Waals surface area contributed by atoms with E-state index in [1.807, 2.05) is 0 Å². The Kier molecular flexibility index (Phi) is 5.00. The normalized spacial score (nSPS) is 16.4. The van der Waals surface area contributed by atoms with Gasteiger partial charge >= 0.3 is 5.97 Å². The lowest BCUT2D eigenvalue weighted by Gasteiger charge is -2.31. The Morgan fingerprint density at radius 1 is 1.10 bits per heavy atom. The maximum Gasteiger partial charge on any atom is 0.355 e. The van der Waals surface area contributed by atoms with E-state index in [1.54, 1.807) is 18.2 Å². The smallest absolute Gasteiger partial charge is 0.355 e. The van der Waals surface area contributed by atoms with Crippen molar-refractivity contribution in [1.82, 2.24) is 4.98 Å². The van der Waals surface area contributed by atoms with Crippen molar-refractivity contribution in [3.05, 3.63) is 41.7 Å². The minimum absolute atomic E-state index is 0.115. The molecule has 1 fully saturated rings. The monoisotopic (exact) mass is 398 g/mol. The Morgan fingerprint density at radius 2 is 1.86 bits per heavy atom. The van der Waals surface area contributed by atoms with Crippen molar-refractivity contribution in [3.8, 4) is 11.5 Å². The van der Waals surface area contributed by atoms with E-state index in [4.69, 9.17) is 14.2 Å². The number of ketones is 1. The zero-order valence-corrected chi connectivity index (χ0v) is 16.1. The summed E-state index contributed by atoms with van der Waals surface area (Å²) in [4.78, 5) is 38.0. The third-order valence-corrected chi connectivity index (χ3v) is 5.08. The van der Waals surface area contributed by atoms with Gasteiger partial charge in [0, 0.05) is 36.4 Å². The number of hydrogen-bond acceptors (Lipinski definition) is 6. The van der Waals surface area contributed by atoms with Gasteiger partial charge in [-0.15, -0.1) is 0 Å². The lowest BCUT2D eigenvalue weighted by atomic mass is 9.94. The van der Waals surface area contributed by atoms with E-state index in [9.17, 15) is 14.4 Å². The number of esters is 1. The number of Topliss-reactive ketones (excluding diaryl/α,β-unsaturated/α-hetero) is 1. The van der Waals surface area contributed by atoms with Crippen molar-refractivity contribution in [2.75, 3.05) is 11.9 Å². The van der Waals surface area contributed by atoms with Gasteiger partial charge in [-0.2, -0.15) is 0 Å². The molecular weight excluding hydrogens is 376 g/mol. The first kappa shape index (κ1) is 19.0. The van der Waals surface area contributed by atoms with Crippen LogP contribution >= 0.6 is 0 Å². The van der Waals surface area contributed by atoms with E-state index < -0.39 is 24.3 Å². The number of rotatable bonds is 5. The zero-order chi connectivity index (χ0) is 20.4. The molecule has 2 aliphatic rings. The van der Waals surface area contributed by atoms with Gasteiger partial charge < -0.3 is 24.5 Å². The van der Waals surface area contributed by atoms with Gasteiger partial charge in [-0.05, 0) is 38.0 Å². The van der Waals surface area contributed by atoms with E-state index in [1.165, 1.54) is 25.6 Å². The predicted molar refractivity (Wildman–Crippen MR) is 103 cm³/mol. The summed E-state index contributed by atoms with van der Waals surface area (Å²) in [6.45, 7) is 0.943. The third kappa shape index (κ3) is 4.11. The van der Waals surface area contributed by atoms with Gasteiger partial charge in [-0.1, -0.05) is 6.42 Å². The van der Waals surface area contributed by atoms with Crippen LogP contribution in [-0.2, 0) is 9.53 Å². The number of H-pyrrole nitrogens is 1. The first-order valence-corrected chi connectivity index (χ1v) is 9.63. The van der Waals surface area contributed by atoms with Crippen molar-refractivity contribution < 1.29 is 28.6 Å². The highest BCUT2D eigenvalue weighted by Crippen LogP contribution is 2.46. The number of amides is 1. The van der Waals surface area contributed by atoms with E-state index in [0.717, 1.165) is 25.7 Å². The van der Waals surface area contributed by atoms with Gasteiger partial charge in [-0.3, -0.25) is 9.59 Å². The average molecular weight is 398 g/mol. The molecule has 1 aliphatic heterocycles. The second-order valence-electron chi connectivity index (χ2n) is 7.32. The largest absolute Gasteiger partial charge is 0.451 e. The standard InChI is InChI=1S/C21H22N2O6/c1-13(24)14-9-16(22-11-14)20(26)27-12-19(25)23-15-5-6-17-18(10-15)29-21(28-17)7-3-2-4-8-21/h5-6,9-11,22H,2-4,7-8,12H2,1H3,(H,23,25). The predicted octanol–water partition coefficient (Wildman–Crippen LogP) is 3.44. The summed E-state index contributed by atoms with van der Waals surface area (Å²) in [5.41, 5.74) is 1.02. The Balaban J connectivity index is 1.32. The van der Waals surface area contributed by atoms with Gasteiger partial charge in [0.05, 0.1) is 0 Å². The highest BCUT2D eigenvalue weighted by Gasteiger charge is 2.42. The number of carbonyl (C=O) groups is 3. The molecule has 2 heterocycles. The number of aromatic nitrogens is 1. The van der Waals surface area contributed by atoms with Gasteiger partial charge in [0.2, 0.25) is 0 Å². The van der Waals surface area contributed by atoms with Crippen LogP contribution in [0.4, 0.5) is 5.69 Å². The molecule has 1 saturated carbocycles. The number of nitrogens with one attached hydrogen (secondary N) is 2. The van der Waals surface area contributed by atoms with Gasteiger partial charge in [0.15, 0.2) is 23.9 Å². The Hall–Kier alpha value is -3.29. The summed E-state index contributed by atoms with van der Waals surface area (Å²) in [7, 11) is 0. The maximum absolute atomic E-state index is 12.1. The molecule has 29 heavy (non-hydrogen) atoms. The Bertz CT molecular complexity index is 958. The summed E-state index contributed by atoms with van der Waals surface area (Å²) in [5, 5.41) is 2.68. The summed E-state index contributed by atoms with van der Waals surface area (Å²) in [5.74, 6) is -0.668. The van der Waals surface area contributed by atoms with E-state index in [0.29, 0.717) is 22.7 Å². The second kappa shape index (κ2) is 7.62. The average Bonchev–Trinajstić information content (AvgIpc) is 3.31. The van der Waals surface area contributed by atoms with Crippen LogP contribution in [0.5, 0.6) is 11.5 Å². The van der Waals surface area contributed by atoms with Crippen LogP contribution in [0.2, 0.25) is 0 Å². The van der Waals surface area contributed by atoms with Crippen LogP contribution in [0.15, 0.2) is 30.5 Å². The molecular formula is C21H22N2O6. The van der Waals surface area contributed by atoms with Crippen LogP contribution in [0.25, 0.3) is 0 Å². The number of anilines is 1. The second-order valence-corrected chi connectivity index (χ2v) is 7.32. The van der Waals surface area contributed by atoms with Crippen LogP contribution in [0.3, 0.4) is 0 Å². The first-order valence-electron chi connectivity index (χ1n) is 9.63. The number of carbonyl (C=O) groups excluding carboxylic acids is 3. The Labute approximate surface area is 167 Å². The van der Waals surface area contributed by atoms with Crippen molar-refractivity contribution in [2.45, 2.75) is 44.8 Å². The molecule has 2 aromatic rings. The molecule has 0 saturated heterocycles. The maximum atomic E-state index is 12.1. The molecule has 0 bridgehead atoms. The molecule has 0 atom stereocenters. The molecule has 1 aromatic heterocycles. The van der Waals surface area contributed by atoms with Crippen molar-refractivity contribution in [1.29, 1.82) is 0 Å². The topological polar surface area (TPSA) is 107 Å². The summed E-state index contributed by atoms with van der Waals surface area (Å²) < 4.78 is 17.0. The van der Waals surface area contributed by atoms with E-state index >= 15 is 0 Å². The molecule has 1 amide bonds. The molecule has 2 N–H and O–H groups in total. The molecule has 8 nitrogen and oxygen atoms in total. The molecule has 1 aliphatic carbocycles. The Morgan fingerprint density at radius 3 is 2.59 bits per heavy atom.